The van der Waals surface area contributed by atoms with Crippen LogP contribution in [0.4, 0.5) is 0 Å². The van der Waals surface area contributed by atoms with Crippen molar-refractivity contribution in [3.05, 3.63) is 0 Å². The molecule has 0 bridgehead atoms. The Balaban J connectivity index is 0. The molecule has 27 heavy (non-hydrogen) atoms. The molecule has 0 aliphatic rings. The molecule has 0 unspecified atom stereocenters. The average molecular weight is 404 g/mol. The van der Waals surface area contributed by atoms with E-state index in [2.05, 4.69) is 6.92 Å². The van der Waals surface area contributed by atoms with Gasteiger partial charge in [-0.2, -0.15) is 0 Å². The van der Waals surface area contributed by atoms with E-state index in [1.807, 2.05) is 0 Å². The minimum absolute atomic E-state index is 0. The predicted octanol–water partition coefficient (Wildman–Crippen LogP) is 9.36. The third-order valence-corrected chi connectivity index (χ3v) is 5.81. The highest BCUT2D eigenvalue weighted by Gasteiger charge is 1.95. The first-order chi connectivity index (χ1) is 12.9. The zero-order valence-corrected chi connectivity index (χ0v) is 19.8. The van der Waals surface area contributed by atoms with E-state index < -0.39 is 0 Å². The summed E-state index contributed by atoms with van der Waals surface area (Å²) in [5.41, 5.74) is 5.52. The zero-order valence-electron chi connectivity index (χ0n) is 19.0. The predicted molar refractivity (Wildman–Crippen MR) is 128 cm³/mol. The summed E-state index contributed by atoms with van der Waals surface area (Å²) in [7, 11) is 0. The lowest BCUT2D eigenvalue weighted by molar-refractivity contribution is 0.518. The highest BCUT2D eigenvalue weighted by Crippen LogP contribution is 2.15. The molecule has 166 valence electrons. The molecular formula is C25H54ClN. The molecule has 0 radical (unpaired) electrons. The van der Waals surface area contributed by atoms with Crippen LogP contribution in [-0.4, -0.2) is 6.54 Å². The molecule has 0 saturated carbocycles. The van der Waals surface area contributed by atoms with Crippen molar-refractivity contribution in [1.29, 1.82) is 0 Å². The Hall–Kier alpha value is 0.250. The third kappa shape index (κ3) is 28.6. The van der Waals surface area contributed by atoms with Gasteiger partial charge < -0.3 is 5.73 Å². The molecule has 0 saturated heterocycles. The van der Waals surface area contributed by atoms with Crippen molar-refractivity contribution in [2.24, 2.45) is 5.73 Å². The first-order valence-corrected chi connectivity index (χ1v) is 12.6. The first kappa shape index (κ1) is 29.5. The van der Waals surface area contributed by atoms with Crippen LogP contribution in [0.2, 0.25) is 0 Å². The standard InChI is InChI=1S/C25H53N.ClH/c1-2-3-4-5-6-7-8-9-10-11-12-13-14-15-16-17-18-19-20-21-22-23-24-25-26;/h2-26H2,1H3;1H. The van der Waals surface area contributed by atoms with Crippen LogP contribution >= 0.6 is 12.4 Å². The topological polar surface area (TPSA) is 26.0 Å². The fraction of sp³-hybridized carbons (Fsp3) is 1.00. The highest BCUT2D eigenvalue weighted by molar-refractivity contribution is 5.85. The maximum atomic E-state index is 5.52. The quantitative estimate of drug-likeness (QED) is 0.169. The monoisotopic (exact) mass is 403 g/mol. The molecule has 0 rings (SSSR count). The second kappa shape index (κ2) is 28.5. The van der Waals surface area contributed by atoms with Crippen LogP contribution in [0, 0.1) is 0 Å². The first-order valence-electron chi connectivity index (χ1n) is 12.6. The Morgan fingerprint density at radius 1 is 0.333 bits per heavy atom. The minimum Gasteiger partial charge on any atom is -0.330 e. The Bertz CT molecular complexity index is 208. The summed E-state index contributed by atoms with van der Waals surface area (Å²) in [4.78, 5) is 0. The molecule has 0 spiro atoms. The fourth-order valence-corrected chi connectivity index (χ4v) is 3.93. The maximum absolute atomic E-state index is 5.52. The molecule has 1 nitrogen and oxygen atoms in total. The molecular weight excluding hydrogens is 350 g/mol. The van der Waals surface area contributed by atoms with Gasteiger partial charge in [0, 0.05) is 0 Å². The van der Waals surface area contributed by atoms with E-state index in [0.717, 1.165) is 6.54 Å². The normalized spacial score (nSPS) is 10.9. The lowest BCUT2D eigenvalue weighted by Gasteiger charge is -2.04. The number of halogens is 1. The summed E-state index contributed by atoms with van der Waals surface area (Å²) in [6.07, 6.45) is 33.3. The van der Waals surface area contributed by atoms with Crippen LogP contribution in [0.1, 0.15) is 155 Å². The second-order valence-electron chi connectivity index (χ2n) is 8.57. The molecule has 0 fully saturated rings. The summed E-state index contributed by atoms with van der Waals surface area (Å²) >= 11 is 0. The molecule has 0 heterocycles. The molecule has 0 aromatic heterocycles. The van der Waals surface area contributed by atoms with E-state index in [-0.39, 0.29) is 12.4 Å². The van der Waals surface area contributed by atoms with E-state index >= 15 is 0 Å². The Morgan fingerprint density at radius 3 is 0.704 bits per heavy atom. The molecule has 2 N–H and O–H groups in total. The Kier molecular flexibility index (Phi) is 31.0. The Morgan fingerprint density at radius 2 is 0.519 bits per heavy atom. The van der Waals surface area contributed by atoms with Gasteiger partial charge in [-0.15, -0.1) is 12.4 Å². The van der Waals surface area contributed by atoms with Gasteiger partial charge in [-0.05, 0) is 13.0 Å². The fourth-order valence-electron chi connectivity index (χ4n) is 3.93. The van der Waals surface area contributed by atoms with Gasteiger partial charge in [-0.3, -0.25) is 0 Å². The molecule has 0 aromatic carbocycles. The van der Waals surface area contributed by atoms with Crippen molar-refractivity contribution in [2.45, 2.75) is 155 Å². The largest absolute Gasteiger partial charge is 0.330 e. The number of rotatable bonds is 23. The average Bonchev–Trinajstić information content (AvgIpc) is 2.66. The van der Waals surface area contributed by atoms with Crippen molar-refractivity contribution in [3.63, 3.8) is 0 Å². The van der Waals surface area contributed by atoms with Gasteiger partial charge >= 0.3 is 0 Å². The van der Waals surface area contributed by atoms with Gasteiger partial charge in [0.05, 0.1) is 0 Å². The van der Waals surface area contributed by atoms with E-state index in [1.54, 1.807) is 0 Å². The van der Waals surface area contributed by atoms with Crippen LogP contribution in [0.5, 0.6) is 0 Å². The molecule has 2 heteroatoms. The third-order valence-electron chi connectivity index (χ3n) is 5.81. The zero-order chi connectivity index (χ0) is 19.0. The summed E-state index contributed by atoms with van der Waals surface area (Å²) in [6.45, 7) is 3.17. The van der Waals surface area contributed by atoms with Crippen LogP contribution in [0.15, 0.2) is 0 Å². The van der Waals surface area contributed by atoms with Crippen molar-refractivity contribution in [1.82, 2.24) is 0 Å². The summed E-state index contributed by atoms with van der Waals surface area (Å²) in [5.74, 6) is 0. The van der Waals surface area contributed by atoms with Crippen LogP contribution in [0.25, 0.3) is 0 Å². The van der Waals surface area contributed by atoms with Gasteiger partial charge in [-0.25, -0.2) is 0 Å². The van der Waals surface area contributed by atoms with E-state index in [0.29, 0.717) is 0 Å². The second-order valence-corrected chi connectivity index (χ2v) is 8.57. The van der Waals surface area contributed by atoms with Crippen molar-refractivity contribution < 1.29 is 0 Å². The van der Waals surface area contributed by atoms with Crippen molar-refractivity contribution in [3.8, 4) is 0 Å². The lowest BCUT2D eigenvalue weighted by Crippen LogP contribution is -1.97. The number of hydrogen-bond donors (Lipinski definition) is 1. The van der Waals surface area contributed by atoms with Gasteiger partial charge in [0.2, 0.25) is 0 Å². The number of nitrogens with two attached hydrogens (primary N) is 1. The van der Waals surface area contributed by atoms with Gasteiger partial charge in [0.1, 0.15) is 0 Å². The van der Waals surface area contributed by atoms with Gasteiger partial charge in [0.25, 0.3) is 0 Å². The van der Waals surface area contributed by atoms with Gasteiger partial charge in [0.15, 0.2) is 0 Å². The maximum Gasteiger partial charge on any atom is -0.00773 e. The molecule has 0 amide bonds. The van der Waals surface area contributed by atoms with E-state index in [4.69, 9.17) is 5.73 Å². The van der Waals surface area contributed by atoms with Crippen LogP contribution in [0.3, 0.4) is 0 Å². The van der Waals surface area contributed by atoms with E-state index in [9.17, 15) is 0 Å². The van der Waals surface area contributed by atoms with E-state index in [1.165, 1.54) is 148 Å². The minimum atomic E-state index is 0. The summed E-state index contributed by atoms with van der Waals surface area (Å²) < 4.78 is 0. The summed E-state index contributed by atoms with van der Waals surface area (Å²) in [5, 5.41) is 0. The summed E-state index contributed by atoms with van der Waals surface area (Å²) in [6, 6.07) is 0. The molecule has 0 aliphatic heterocycles. The number of unbranched alkanes of at least 4 members (excludes halogenated alkanes) is 22. The molecule has 0 aliphatic carbocycles. The van der Waals surface area contributed by atoms with Crippen molar-refractivity contribution in [2.75, 3.05) is 6.54 Å². The molecule has 0 atom stereocenters. The van der Waals surface area contributed by atoms with Crippen LogP contribution in [-0.2, 0) is 0 Å². The van der Waals surface area contributed by atoms with Crippen LogP contribution < -0.4 is 5.73 Å². The van der Waals surface area contributed by atoms with Crippen molar-refractivity contribution >= 4 is 12.4 Å². The highest BCUT2D eigenvalue weighted by atomic mass is 35.5. The SMILES string of the molecule is CCCCCCCCCCCCCCCCCCCCCCCCCN.Cl. The Labute approximate surface area is 179 Å². The number of hydrogen-bond acceptors (Lipinski definition) is 1. The lowest BCUT2D eigenvalue weighted by atomic mass is 10.0. The molecule has 0 aromatic rings. The van der Waals surface area contributed by atoms with Gasteiger partial charge in [-0.1, -0.05) is 148 Å². The smallest absolute Gasteiger partial charge is 0.00773 e.